The van der Waals surface area contributed by atoms with E-state index in [1.54, 1.807) is 0 Å². The third kappa shape index (κ3) is 1.37. The standard InChI is InChI=1S/C5H3F3N2/c6-4-2-1-3-10(8)9-5(4)7/h1-3H. The quantitative estimate of drug-likeness (QED) is 0.478. The predicted molar refractivity (Wildman–Crippen MR) is 29.8 cm³/mol. The minimum absolute atomic E-state index is 0.307. The maximum absolute atomic E-state index is 12.1. The third-order valence-corrected chi connectivity index (χ3v) is 0.832. The summed E-state index contributed by atoms with van der Waals surface area (Å²) in [6.07, 6.45) is 2.57. The molecule has 1 heterocycles. The van der Waals surface area contributed by atoms with E-state index >= 15 is 0 Å². The SMILES string of the molecule is FC1=CC=CN(F)N=C1F. The van der Waals surface area contributed by atoms with Crippen LogP contribution in [0.25, 0.3) is 0 Å². The molecule has 0 fully saturated rings. The van der Waals surface area contributed by atoms with E-state index in [9.17, 15) is 13.3 Å². The summed E-state index contributed by atoms with van der Waals surface area (Å²) < 4.78 is 36.2. The summed E-state index contributed by atoms with van der Waals surface area (Å²) >= 11 is 0. The zero-order valence-corrected chi connectivity index (χ0v) is 4.76. The molecule has 54 valence electrons. The van der Waals surface area contributed by atoms with Crippen molar-refractivity contribution in [2.24, 2.45) is 5.10 Å². The molecule has 2 nitrogen and oxygen atoms in total. The highest BCUT2D eigenvalue weighted by Crippen LogP contribution is 2.08. The molecule has 0 aliphatic carbocycles. The maximum atomic E-state index is 12.1. The Balaban J connectivity index is 2.90. The predicted octanol–water partition coefficient (Wildman–Crippen LogP) is 1.84. The zero-order valence-electron chi connectivity index (χ0n) is 4.76. The van der Waals surface area contributed by atoms with E-state index in [4.69, 9.17) is 0 Å². The minimum atomic E-state index is -1.47. The lowest BCUT2D eigenvalue weighted by atomic mass is 10.5. The van der Waals surface area contributed by atoms with E-state index in [0.717, 1.165) is 18.4 Å². The number of rotatable bonds is 0. The second-order valence-electron chi connectivity index (χ2n) is 1.54. The van der Waals surface area contributed by atoms with Crippen LogP contribution in [-0.2, 0) is 0 Å². The van der Waals surface area contributed by atoms with Crippen LogP contribution < -0.4 is 0 Å². The lowest BCUT2D eigenvalue weighted by Crippen LogP contribution is -1.97. The Bertz CT molecular complexity index is 219. The van der Waals surface area contributed by atoms with Gasteiger partial charge < -0.3 is 0 Å². The van der Waals surface area contributed by atoms with Crippen molar-refractivity contribution in [3.05, 3.63) is 24.2 Å². The molecule has 1 aliphatic rings. The van der Waals surface area contributed by atoms with Crippen LogP contribution in [0.15, 0.2) is 29.3 Å². The average molecular weight is 148 g/mol. The van der Waals surface area contributed by atoms with Crippen LogP contribution in [0.5, 0.6) is 0 Å². The lowest BCUT2D eigenvalue weighted by molar-refractivity contribution is 0.0933. The van der Waals surface area contributed by atoms with Gasteiger partial charge in [-0.15, -0.1) is 10.3 Å². The largest absolute Gasteiger partial charge is 0.269 e. The number of allylic oxidation sites excluding steroid dienone is 3. The summed E-state index contributed by atoms with van der Waals surface area (Å²) in [5.74, 6) is -2.65. The smallest absolute Gasteiger partial charge is 0.202 e. The van der Waals surface area contributed by atoms with Crippen molar-refractivity contribution in [1.29, 1.82) is 0 Å². The Hall–Kier alpha value is -1.26. The van der Waals surface area contributed by atoms with E-state index in [1.165, 1.54) is 0 Å². The van der Waals surface area contributed by atoms with Crippen LogP contribution >= 0.6 is 0 Å². The second-order valence-corrected chi connectivity index (χ2v) is 1.54. The van der Waals surface area contributed by atoms with E-state index in [1.807, 2.05) is 0 Å². The number of nitrogens with zero attached hydrogens (tertiary/aromatic N) is 2. The topological polar surface area (TPSA) is 15.6 Å². The van der Waals surface area contributed by atoms with Gasteiger partial charge in [-0.25, -0.2) is 4.39 Å². The Labute approximate surface area is 54.9 Å². The molecule has 0 aromatic rings. The summed E-state index contributed by atoms with van der Waals surface area (Å²) in [5.41, 5.74) is 0. The molecule has 0 aromatic carbocycles. The molecule has 0 unspecified atom stereocenters. The molecule has 0 atom stereocenters. The van der Waals surface area contributed by atoms with Crippen molar-refractivity contribution < 1.29 is 13.3 Å². The molecule has 0 N–H and O–H groups in total. The van der Waals surface area contributed by atoms with Crippen molar-refractivity contribution in [2.45, 2.75) is 0 Å². The van der Waals surface area contributed by atoms with Crippen LogP contribution in [-0.4, -0.2) is 11.2 Å². The van der Waals surface area contributed by atoms with Crippen molar-refractivity contribution in [1.82, 2.24) is 5.23 Å². The molecule has 0 radical (unpaired) electrons. The molecular weight excluding hydrogens is 145 g/mol. The van der Waals surface area contributed by atoms with Gasteiger partial charge in [-0.2, -0.15) is 4.39 Å². The number of hydrogen-bond acceptors (Lipinski definition) is 2. The van der Waals surface area contributed by atoms with Gasteiger partial charge in [-0.05, 0) is 12.2 Å². The fourth-order valence-electron chi connectivity index (χ4n) is 0.432. The molecule has 0 saturated carbocycles. The van der Waals surface area contributed by atoms with Crippen molar-refractivity contribution >= 4 is 5.97 Å². The monoisotopic (exact) mass is 148 g/mol. The summed E-state index contributed by atoms with van der Waals surface area (Å²) in [7, 11) is 0. The van der Waals surface area contributed by atoms with Crippen molar-refractivity contribution in [3.63, 3.8) is 0 Å². The fourth-order valence-corrected chi connectivity index (χ4v) is 0.432. The van der Waals surface area contributed by atoms with Gasteiger partial charge in [-0.3, -0.25) is 0 Å². The summed E-state index contributed by atoms with van der Waals surface area (Å²) in [5, 5.41) is 2.24. The van der Waals surface area contributed by atoms with Gasteiger partial charge in [-0.1, -0.05) is 4.48 Å². The third-order valence-electron chi connectivity index (χ3n) is 0.832. The molecule has 0 saturated heterocycles. The van der Waals surface area contributed by atoms with Crippen LogP contribution in [0.1, 0.15) is 0 Å². The molecule has 0 bridgehead atoms. The molecule has 1 rings (SSSR count). The summed E-state index contributed by atoms with van der Waals surface area (Å²) in [4.78, 5) is 0. The van der Waals surface area contributed by atoms with E-state index in [2.05, 4.69) is 5.10 Å². The first kappa shape index (κ1) is 6.85. The molecule has 0 spiro atoms. The molecule has 0 amide bonds. The minimum Gasteiger partial charge on any atom is -0.202 e. The van der Waals surface area contributed by atoms with Gasteiger partial charge in [0.05, 0.1) is 6.20 Å². The first-order valence-electron chi connectivity index (χ1n) is 2.43. The van der Waals surface area contributed by atoms with Crippen LogP contribution in [0, 0.1) is 0 Å². The van der Waals surface area contributed by atoms with Crippen LogP contribution in [0.3, 0.4) is 0 Å². The Kier molecular flexibility index (Phi) is 1.75. The lowest BCUT2D eigenvalue weighted by Gasteiger charge is -1.95. The van der Waals surface area contributed by atoms with E-state index < -0.39 is 11.8 Å². The van der Waals surface area contributed by atoms with Crippen LogP contribution in [0.4, 0.5) is 13.3 Å². The Morgan fingerprint density at radius 2 is 2.10 bits per heavy atom. The Morgan fingerprint density at radius 1 is 1.40 bits per heavy atom. The van der Waals surface area contributed by atoms with Gasteiger partial charge in [0.1, 0.15) is 0 Å². The van der Waals surface area contributed by atoms with Crippen molar-refractivity contribution in [2.75, 3.05) is 0 Å². The summed E-state index contributed by atoms with van der Waals surface area (Å²) in [6, 6.07) is 0. The van der Waals surface area contributed by atoms with Crippen molar-refractivity contribution in [3.8, 4) is 0 Å². The van der Waals surface area contributed by atoms with E-state index in [-0.39, 0.29) is 5.23 Å². The maximum Gasteiger partial charge on any atom is 0.269 e. The van der Waals surface area contributed by atoms with E-state index in [0.29, 0.717) is 0 Å². The number of halogens is 3. The molecule has 10 heavy (non-hydrogen) atoms. The average Bonchev–Trinajstić information content (AvgIpc) is 1.96. The number of hydrazone groups is 1. The molecule has 0 aromatic heterocycles. The number of hydrogen-bond donors (Lipinski definition) is 0. The normalized spacial score (nSPS) is 18.1. The zero-order chi connectivity index (χ0) is 7.56. The Morgan fingerprint density at radius 3 is 2.80 bits per heavy atom. The highest BCUT2D eigenvalue weighted by molar-refractivity contribution is 5.90. The second kappa shape index (κ2) is 2.55. The highest BCUT2D eigenvalue weighted by atomic mass is 19.2. The summed E-state index contributed by atoms with van der Waals surface area (Å²) in [6.45, 7) is 0. The molecular formula is C5H3F3N2. The van der Waals surface area contributed by atoms with Gasteiger partial charge in [0.25, 0.3) is 5.97 Å². The fraction of sp³-hybridized carbons (Fsp3) is 0. The van der Waals surface area contributed by atoms with Gasteiger partial charge in [0, 0.05) is 0 Å². The highest BCUT2D eigenvalue weighted by Gasteiger charge is 2.08. The van der Waals surface area contributed by atoms with Gasteiger partial charge in [0.15, 0.2) is 5.83 Å². The molecule has 1 aliphatic heterocycles. The first-order valence-corrected chi connectivity index (χ1v) is 2.43. The first-order chi connectivity index (χ1) is 4.70. The van der Waals surface area contributed by atoms with Gasteiger partial charge >= 0.3 is 0 Å². The molecule has 5 heteroatoms. The van der Waals surface area contributed by atoms with Crippen LogP contribution in [0.2, 0.25) is 0 Å². The van der Waals surface area contributed by atoms with Gasteiger partial charge in [0.2, 0.25) is 0 Å².